The van der Waals surface area contributed by atoms with E-state index in [1.165, 1.54) is 6.20 Å². The Hall–Kier alpha value is -0.510. The van der Waals surface area contributed by atoms with Crippen LogP contribution in [0.25, 0.3) is 0 Å². The van der Waals surface area contributed by atoms with Crippen LogP contribution in [0, 0.1) is 0 Å². The summed E-state index contributed by atoms with van der Waals surface area (Å²) < 4.78 is 0. The molecule has 1 saturated heterocycles. The van der Waals surface area contributed by atoms with Gasteiger partial charge in [-0.1, -0.05) is 47.6 Å². The first-order chi connectivity index (χ1) is 8.61. The van der Waals surface area contributed by atoms with Crippen molar-refractivity contribution in [2.45, 2.75) is 25.7 Å². The maximum absolute atomic E-state index is 12.3. The third-order valence-electron chi connectivity index (χ3n) is 3.01. The van der Waals surface area contributed by atoms with E-state index >= 15 is 0 Å². The van der Waals surface area contributed by atoms with E-state index in [0.29, 0.717) is 0 Å². The number of hydrogen-bond donors (Lipinski definition) is 0. The summed E-state index contributed by atoms with van der Waals surface area (Å²) in [5.41, 5.74) is 0.188. The maximum atomic E-state index is 12.3. The maximum Gasteiger partial charge on any atom is 0.274 e. The second kappa shape index (κ2) is 6.09. The van der Waals surface area contributed by atoms with Crippen LogP contribution in [0.2, 0.25) is 15.1 Å². The van der Waals surface area contributed by atoms with Crippen LogP contribution in [0.15, 0.2) is 6.20 Å². The average molecular weight is 308 g/mol. The first kappa shape index (κ1) is 13.9. The van der Waals surface area contributed by atoms with Gasteiger partial charge in [-0.3, -0.25) is 4.79 Å². The Bertz CT molecular complexity index is 457. The topological polar surface area (TPSA) is 33.2 Å². The van der Waals surface area contributed by atoms with E-state index in [0.717, 1.165) is 38.8 Å². The lowest BCUT2D eigenvalue weighted by Crippen LogP contribution is -2.32. The lowest BCUT2D eigenvalue weighted by molar-refractivity contribution is 0.0756. The molecule has 6 heteroatoms. The molecule has 1 amide bonds. The van der Waals surface area contributed by atoms with Gasteiger partial charge >= 0.3 is 0 Å². The molecule has 18 heavy (non-hydrogen) atoms. The summed E-state index contributed by atoms with van der Waals surface area (Å²) in [6.07, 6.45) is 5.72. The van der Waals surface area contributed by atoms with E-state index in [4.69, 9.17) is 34.8 Å². The summed E-state index contributed by atoms with van der Waals surface area (Å²) >= 11 is 17.7. The average Bonchev–Trinajstić information content (AvgIpc) is 2.64. The summed E-state index contributed by atoms with van der Waals surface area (Å²) in [6.45, 7) is 1.49. The molecule has 1 aromatic heterocycles. The van der Waals surface area contributed by atoms with E-state index in [9.17, 15) is 4.79 Å². The van der Waals surface area contributed by atoms with Crippen LogP contribution in [0.3, 0.4) is 0 Å². The minimum absolute atomic E-state index is 0.137. The predicted molar refractivity (Wildman–Crippen MR) is 73.6 cm³/mol. The van der Waals surface area contributed by atoms with Gasteiger partial charge in [0.25, 0.3) is 5.91 Å². The van der Waals surface area contributed by atoms with Crippen molar-refractivity contribution < 1.29 is 4.79 Å². The number of rotatable bonds is 1. The molecule has 1 aliphatic rings. The molecule has 0 aromatic carbocycles. The molecule has 0 aliphatic carbocycles. The van der Waals surface area contributed by atoms with Crippen LogP contribution in [-0.2, 0) is 0 Å². The molecule has 0 spiro atoms. The molecular formula is C12H13Cl3N2O. The SMILES string of the molecule is O=C(c1ncc(Cl)c(Cl)c1Cl)N1CCCCCC1. The van der Waals surface area contributed by atoms with Gasteiger partial charge in [-0.05, 0) is 12.8 Å². The van der Waals surface area contributed by atoms with Crippen molar-refractivity contribution in [2.75, 3.05) is 13.1 Å². The highest BCUT2D eigenvalue weighted by Crippen LogP contribution is 2.31. The summed E-state index contributed by atoms with van der Waals surface area (Å²) in [6, 6.07) is 0. The van der Waals surface area contributed by atoms with Crippen molar-refractivity contribution in [3.05, 3.63) is 27.0 Å². The van der Waals surface area contributed by atoms with Crippen LogP contribution < -0.4 is 0 Å². The monoisotopic (exact) mass is 306 g/mol. The third kappa shape index (κ3) is 2.90. The fourth-order valence-electron chi connectivity index (χ4n) is 2.02. The largest absolute Gasteiger partial charge is 0.337 e. The van der Waals surface area contributed by atoms with Gasteiger partial charge in [-0.25, -0.2) is 4.98 Å². The smallest absolute Gasteiger partial charge is 0.274 e. The summed E-state index contributed by atoms with van der Waals surface area (Å²) in [5, 5.41) is 0.582. The molecule has 1 aliphatic heterocycles. The van der Waals surface area contributed by atoms with Crippen LogP contribution in [0.4, 0.5) is 0 Å². The van der Waals surface area contributed by atoms with Crippen molar-refractivity contribution in [2.24, 2.45) is 0 Å². The van der Waals surface area contributed by atoms with Gasteiger partial charge in [0.05, 0.1) is 15.1 Å². The van der Waals surface area contributed by atoms with Gasteiger partial charge in [0.2, 0.25) is 0 Å². The molecule has 2 heterocycles. The number of likely N-dealkylation sites (tertiary alicyclic amines) is 1. The summed E-state index contributed by atoms with van der Waals surface area (Å²) in [4.78, 5) is 18.1. The van der Waals surface area contributed by atoms with Crippen molar-refractivity contribution in [3.63, 3.8) is 0 Å². The molecule has 1 fully saturated rings. The Morgan fingerprint density at radius 2 is 1.67 bits per heavy atom. The minimum atomic E-state index is -0.166. The summed E-state index contributed by atoms with van der Waals surface area (Å²) in [5.74, 6) is -0.166. The van der Waals surface area contributed by atoms with E-state index in [-0.39, 0.29) is 26.7 Å². The highest BCUT2D eigenvalue weighted by molar-refractivity contribution is 6.48. The fourth-order valence-corrected chi connectivity index (χ4v) is 2.58. The molecule has 3 nitrogen and oxygen atoms in total. The zero-order chi connectivity index (χ0) is 13.1. The van der Waals surface area contributed by atoms with Crippen molar-refractivity contribution in [1.29, 1.82) is 0 Å². The molecule has 98 valence electrons. The normalized spacial score (nSPS) is 16.5. The zero-order valence-corrected chi connectivity index (χ0v) is 12.0. The number of halogens is 3. The molecule has 0 N–H and O–H groups in total. The van der Waals surface area contributed by atoms with Crippen molar-refractivity contribution in [3.8, 4) is 0 Å². The Labute approximate surface area is 121 Å². The Morgan fingerprint density at radius 1 is 1.06 bits per heavy atom. The number of carbonyl (C=O) groups is 1. The minimum Gasteiger partial charge on any atom is -0.337 e. The molecule has 0 saturated carbocycles. The number of pyridine rings is 1. The first-order valence-electron chi connectivity index (χ1n) is 5.90. The molecule has 1 aromatic rings. The number of aromatic nitrogens is 1. The number of nitrogens with zero attached hydrogens (tertiary/aromatic N) is 2. The van der Waals surface area contributed by atoms with Crippen LogP contribution in [0.1, 0.15) is 36.2 Å². The Balaban J connectivity index is 2.25. The van der Waals surface area contributed by atoms with E-state index in [2.05, 4.69) is 4.98 Å². The molecule has 0 radical (unpaired) electrons. The second-order valence-electron chi connectivity index (χ2n) is 4.29. The lowest BCUT2D eigenvalue weighted by atomic mass is 10.2. The van der Waals surface area contributed by atoms with Crippen LogP contribution >= 0.6 is 34.8 Å². The Morgan fingerprint density at radius 3 is 2.28 bits per heavy atom. The molecule has 0 atom stereocenters. The van der Waals surface area contributed by atoms with Crippen molar-refractivity contribution >= 4 is 40.7 Å². The van der Waals surface area contributed by atoms with Gasteiger partial charge < -0.3 is 4.90 Å². The Kier molecular flexibility index (Phi) is 4.71. The van der Waals surface area contributed by atoms with Gasteiger partial charge in [0, 0.05) is 19.3 Å². The molecule has 2 rings (SSSR count). The molecule has 0 unspecified atom stereocenters. The van der Waals surface area contributed by atoms with E-state index < -0.39 is 0 Å². The van der Waals surface area contributed by atoms with Gasteiger partial charge in [0.15, 0.2) is 0 Å². The van der Waals surface area contributed by atoms with Gasteiger partial charge in [0.1, 0.15) is 5.69 Å². The highest BCUT2D eigenvalue weighted by Gasteiger charge is 2.23. The number of amides is 1. The zero-order valence-electron chi connectivity index (χ0n) is 9.76. The van der Waals surface area contributed by atoms with E-state index in [1.807, 2.05) is 0 Å². The van der Waals surface area contributed by atoms with Gasteiger partial charge in [-0.15, -0.1) is 0 Å². The van der Waals surface area contributed by atoms with Crippen LogP contribution in [0.5, 0.6) is 0 Å². The van der Waals surface area contributed by atoms with Gasteiger partial charge in [-0.2, -0.15) is 0 Å². The fraction of sp³-hybridized carbons (Fsp3) is 0.500. The van der Waals surface area contributed by atoms with Crippen molar-refractivity contribution in [1.82, 2.24) is 9.88 Å². The molecule has 0 bridgehead atoms. The highest BCUT2D eigenvalue weighted by atomic mass is 35.5. The lowest BCUT2D eigenvalue weighted by Gasteiger charge is -2.20. The quantitative estimate of drug-likeness (QED) is 0.784. The third-order valence-corrected chi connectivity index (χ3v) is 4.25. The number of hydrogen-bond acceptors (Lipinski definition) is 2. The standard InChI is InChI=1S/C12H13Cl3N2O/c13-8-7-16-11(10(15)9(8)14)12(18)17-5-3-1-2-4-6-17/h7H,1-6H2. The van der Waals surface area contributed by atoms with Crippen LogP contribution in [-0.4, -0.2) is 28.9 Å². The van der Waals surface area contributed by atoms with E-state index in [1.54, 1.807) is 4.90 Å². The summed E-state index contributed by atoms with van der Waals surface area (Å²) in [7, 11) is 0. The first-order valence-corrected chi connectivity index (χ1v) is 7.03. The second-order valence-corrected chi connectivity index (χ2v) is 5.45. The number of carbonyl (C=O) groups excluding carboxylic acids is 1. The molecular weight excluding hydrogens is 295 g/mol. The predicted octanol–water partition coefficient (Wildman–Crippen LogP) is 4.06.